The van der Waals surface area contributed by atoms with Crippen molar-refractivity contribution in [2.75, 3.05) is 27.7 Å². The maximum absolute atomic E-state index is 5.74. The van der Waals surface area contributed by atoms with Gasteiger partial charge in [-0.2, -0.15) is 0 Å². The average Bonchev–Trinajstić information content (AvgIpc) is 2.32. The Hall–Kier alpha value is -1.06. The van der Waals surface area contributed by atoms with Crippen LogP contribution in [0, 0.1) is 0 Å². The van der Waals surface area contributed by atoms with E-state index in [0.29, 0.717) is 6.61 Å². The Balaban J connectivity index is 3.16. The lowest BCUT2D eigenvalue weighted by atomic mass is 9.87. The van der Waals surface area contributed by atoms with Gasteiger partial charge in [-0.1, -0.05) is 18.2 Å². The average molecular weight is 250 g/mol. The molecule has 3 nitrogen and oxygen atoms in total. The van der Waals surface area contributed by atoms with Crippen molar-refractivity contribution in [2.24, 2.45) is 0 Å². The molecule has 1 rings (SSSR count). The molecule has 0 saturated heterocycles. The minimum absolute atomic E-state index is 0.00194. The van der Waals surface area contributed by atoms with Crippen LogP contribution in [0.15, 0.2) is 24.3 Å². The van der Waals surface area contributed by atoms with Gasteiger partial charge < -0.3 is 15.0 Å². The number of hydrogen-bond donors (Lipinski definition) is 1. The summed E-state index contributed by atoms with van der Waals surface area (Å²) in [6.45, 7) is 7.17. The number of para-hydroxylation sites is 1. The van der Waals surface area contributed by atoms with Crippen molar-refractivity contribution >= 4 is 0 Å². The van der Waals surface area contributed by atoms with E-state index in [0.717, 1.165) is 5.75 Å². The first-order valence-electron chi connectivity index (χ1n) is 6.51. The topological polar surface area (TPSA) is 24.5 Å². The number of nitrogens with zero attached hydrogens (tertiary/aromatic N) is 1. The second kappa shape index (κ2) is 6.21. The molecule has 18 heavy (non-hydrogen) atoms. The van der Waals surface area contributed by atoms with E-state index < -0.39 is 0 Å². The molecule has 0 bridgehead atoms. The van der Waals surface area contributed by atoms with Gasteiger partial charge in [-0.25, -0.2) is 0 Å². The zero-order valence-corrected chi connectivity index (χ0v) is 12.4. The maximum Gasteiger partial charge on any atom is 0.124 e. The van der Waals surface area contributed by atoms with Crippen molar-refractivity contribution in [3.05, 3.63) is 29.8 Å². The van der Waals surface area contributed by atoms with E-state index in [1.807, 2.05) is 26.1 Å². The van der Waals surface area contributed by atoms with Crippen molar-refractivity contribution in [3.8, 4) is 5.75 Å². The second-order valence-corrected chi connectivity index (χ2v) is 5.24. The normalized spacial score (nSPS) is 13.7. The minimum atomic E-state index is 0.00194. The molecular formula is C15H26N2O. The molecular weight excluding hydrogens is 224 g/mol. The predicted molar refractivity (Wildman–Crippen MR) is 77.2 cm³/mol. The monoisotopic (exact) mass is 250 g/mol. The van der Waals surface area contributed by atoms with Crippen LogP contribution in [0.2, 0.25) is 0 Å². The summed E-state index contributed by atoms with van der Waals surface area (Å²) in [5.74, 6) is 0.967. The molecule has 0 aromatic heterocycles. The summed E-state index contributed by atoms with van der Waals surface area (Å²) < 4.78 is 5.74. The van der Waals surface area contributed by atoms with Crippen molar-refractivity contribution in [3.63, 3.8) is 0 Å². The molecule has 1 aromatic carbocycles. The van der Waals surface area contributed by atoms with Gasteiger partial charge in [0.25, 0.3) is 0 Å². The number of ether oxygens (including phenoxy) is 1. The molecule has 0 amide bonds. The van der Waals surface area contributed by atoms with Gasteiger partial charge in [0.2, 0.25) is 0 Å². The highest BCUT2D eigenvalue weighted by atomic mass is 16.5. The third-order valence-corrected chi connectivity index (χ3v) is 3.68. The highest BCUT2D eigenvalue weighted by Gasteiger charge is 2.33. The predicted octanol–water partition coefficient (Wildman–Crippen LogP) is 2.69. The SMILES string of the molecule is CCOc1ccccc1C(NC)C(C)(C)N(C)C. The second-order valence-electron chi connectivity index (χ2n) is 5.24. The molecule has 102 valence electrons. The van der Waals surface area contributed by atoms with Crippen LogP contribution in [0.1, 0.15) is 32.4 Å². The lowest BCUT2D eigenvalue weighted by Gasteiger charge is -2.40. The molecule has 0 fully saturated rings. The lowest BCUT2D eigenvalue weighted by Crippen LogP contribution is -2.48. The molecule has 1 unspecified atom stereocenters. The van der Waals surface area contributed by atoms with Gasteiger partial charge in [-0.05, 0) is 48.0 Å². The number of benzene rings is 1. The van der Waals surface area contributed by atoms with Gasteiger partial charge in [0.1, 0.15) is 5.75 Å². The van der Waals surface area contributed by atoms with Crippen LogP contribution in [0.3, 0.4) is 0 Å². The smallest absolute Gasteiger partial charge is 0.124 e. The summed E-state index contributed by atoms with van der Waals surface area (Å²) in [4.78, 5) is 2.23. The Labute approximate surface area is 111 Å². The van der Waals surface area contributed by atoms with Crippen molar-refractivity contribution in [1.29, 1.82) is 0 Å². The lowest BCUT2D eigenvalue weighted by molar-refractivity contribution is 0.140. The Morgan fingerprint density at radius 3 is 2.39 bits per heavy atom. The van der Waals surface area contributed by atoms with Gasteiger partial charge in [0.05, 0.1) is 12.6 Å². The van der Waals surface area contributed by atoms with Crippen LogP contribution in [0.5, 0.6) is 5.75 Å². The number of likely N-dealkylation sites (N-methyl/N-ethyl adjacent to an activating group) is 2. The number of hydrogen-bond acceptors (Lipinski definition) is 3. The van der Waals surface area contributed by atoms with E-state index in [-0.39, 0.29) is 11.6 Å². The van der Waals surface area contributed by atoms with Crippen LogP contribution in [0.4, 0.5) is 0 Å². The molecule has 1 atom stereocenters. The standard InChI is InChI=1S/C15H26N2O/c1-7-18-13-11-9-8-10-12(13)14(16-4)15(2,3)17(5)6/h8-11,14,16H,7H2,1-6H3. The maximum atomic E-state index is 5.74. The molecule has 1 N–H and O–H groups in total. The summed E-state index contributed by atoms with van der Waals surface area (Å²) in [5, 5.41) is 3.42. The van der Waals surface area contributed by atoms with Crippen LogP contribution >= 0.6 is 0 Å². The van der Waals surface area contributed by atoms with Crippen molar-refractivity contribution in [1.82, 2.24) is 10.2 Å². The first kappa shape index (κ1) is 15.0. The molecule has 0 radical (unpaired) electrons. The molecule has 1 aromatic rings. The zero-order valence-electron chi connectivity index (χ0n) is 12.4. The fraction of sp³-hybridized carbons (Fsp3) is 0.600. The van der Waals surface area contributed by atoms with Gasteiger partial charge >= 0.3 is 0 Å². The first-order valence-corrected chi connectivity index (χ1v) is 6.51. The molecule has 0 heterocycles. The first-order chi connectivity index (χ1) is 8.45. The van der Waals surface area contributed by atoms with E-state index in [2.05, 4.69) is 50.3 Å². The van der Waals surface area contributed by atoms with Gasteiger partial charge in [-0.15, -0.1) is 0 Å². The molecule has 0 saturated carbocycles. The number of nitrogens with one attached hydrogen (secondary N) is 1. The Bertz CT molecular complexity index is 375. The van der Waals surface area contributed by atoms with Gasteiger partial charge in [0.15, 0.2) is 0 Å². The van der Waals surface area contributed by atoms with Gasteiger partial charge in [0, 0.05) is 11.1 Å². The fourth-order valence-corrected chi connectivity index (χ4v) is 2.15. The molecule has 0 aliphatic carbocycles. The van der Waals surface area contributed by atoms with Crippen LogP contribution in [-0.2, 0) is 0 Å². The number of rotatable bonds is 6. The van der Waals surface area contributed by atoms with E-state index in [1.165, 1.54) is 5.56 Å². The molecule has 0 aliphatic rings. The zero-order chi connectivity index (χ0) is 13.8. The minimum Gasteiger partial charge on any atom is -0.494 e. The van der Waals surface area contributed by atoms with Crippen LogP contribution in [-0.4, -0.2) is 38.2 Å². The highest BCUT2D eigenvalue weighted by Crippen LogP contribution is 2.34. The van der Waals surface area contributed by atoms with Crippen LogP contribution < -0.4 is 10.1 Å². The van der Waals surface area contributed by atoms with Gasteiger partial charge in [-0.3, -0.25) is 0 Å². The highest BCUT2D eigenvalue weighted by molar-refractivity contribution is 5.37. The van der Waals surface area contributed by atoms with Crippen LogP contribution in [0.25, 0.3) is 0 Å². The third kappa shape index (κ3) is 3.03. The summed E-state index contributed by atoms with van der Waals surface area (Å²) in [7, 11) is 6.21. The molecule has 0 spiro atoms. The van der Waals surface area contributed by atoms with Crippen molar-refractivity contribution < 1.29 is 4.74 Å². The fourth-order valence-electron chi connectivity index (χ4n) is 2.15. The summed E-state index contributed by atoms with van der Waals surface area (Å²) in [6.07, 6.45) is 0. The van der Waals surface area contributed by atoms with E-state index in [9.17, 15) is 0 Å². The largest absolute Gasteiger partial charge is 0.494 e. The summed E-state index contributed by atoms with van der Waals surface area (Å²) in [5.41, 5.74) is 1.21. The molecule has 0 aliphatic heterocycles. The summed E-state index contributed by atoms with van der Waals surface area (Å²) in [6, 6.07) is 8.47. The quantitative estimate of drug-likeness (QED) is 0.840. The van der Waals surface area contributed by atoms with E-state index in [4.69, 9.17) is 4.74 Å². The summed E-state index contributed by atoms with van der Waals surface area (Å²) >= 11 is 0. The Morgan fingerprint density at radius 2 is 1.89 bits per heavy atom. The Morgan fingerprint density at radius 1 is 1.28 bits per heavy atom. The van der Waals surface area contributed by atoms with Crippen molar-refractivity contribution in [2.45, 2.75) is 32.4 Å². The van der Waals surface area contributed by atoms with E-state index >= 15 is 0 Å². The Kier molecular flexibility index (Phi) is 5.17. The third-order valence-electron chi connectivity index (χ3n) is 3.68. The molecule has 3 heteroatoms. The van der Waals surface area contributed by atoms with E-state index in [1.54, 1.807) is 0 Å².